The van der Waals surface area contributed by atoms with Crippen LogP contribution in [0.5, 0.6) is 5.75 Å². The van der Waals surface area contributed by atoms with Crippen molar-refractivity contribution in [2.75, 3.05) is 0 Å². The summed E-state index contributed by atoms with van der Waals surface area (Å²) in [5.41, 5.74) is 8.69. The molecule has 3 heteroatoms. The molecule has 0 fully saturated rings. The number of halogens is 1. The van der Waals surface area contributed by atoms with Gasteiger partial charge in [0, 0.05) is 22.6 Å². The Bertz CT molecular complexity index is 1170. The molecule has 1 aliphatic rings. The van der Waals surface area contributed by atoms with E-state index in [4.69, 9.17) is 16.6 Å². The van der Waals surface area contributed by atoms with E-state index >= 15 is 0 Å². The first kappa shape index (κ1) is 16.1. The number of hydrogen-bond acceptors (Lipinski definition) is 2. The first-order valence-electron chi connectivity index (χ1n) is 8.87. The molecule has 0 unspecified atom stereocenters. The number of rotatable bonds is 2. The Morgan fingerprint density at radius 1 is 0.778 bits per heavy atom. The first-order valence-corrected chi connectivity index (χ1v) is 9.25. The lowest BCUT2D eigenvalue weighted by Crippen LogP contribution is -1.95. The van der Waals surface area contributed by atoms with Crippen LogP contribution >= 0.6 is 11.6 Å². The molecule has 0 bridgehead atoms. The molecule has 130 valence electrons. The molecule has 1 aliphatic carbocycles. The lowest BCUT2D eigenvalue weighted by molar-refractivity contribution is 0.475. The number of aromatic nitrogens is 1. The first-order chi connectivity index (χ1) is 13.2. The highest BCUT2D eigenvalue weighted by atomic mass is 35.5. The van der Waals surface area contributed by atoms with E-state index in [9.17, 15) is 5.11 Å². The highest BCUT2D eigenvalue weighted by Gasteiger charge is 2.24. The van der Waals surface area contributed by atoms with Crippen molar-refractivity contribution in [1.29, 1.82) is 0 Å². The zero-order valence-corrected chi connectivity index (χ0v) is 15.2. The largest absolute Gasteiger partial charge is 0.508 e. The van der Waals surface area contributed by atoms with E-state index in [1.807, 2.05) is 36.4 Å². The number of nitrogens with zero attached hydrogens (tertiary/aromatic N) is 1. The van der Waals surface area contributed by atoms with Gasteiger partial charge in [0.1, 0.15) is 5.75 Å². The molecule has 0 spiro atoms. The molecular weight excluding hydrogens is 354 g/mol. The minimum absolute atomic E-state index is 0.263. The second kappa shape index (κ2) is 6.26. The minimum Gasteiger partial charge on any atom is -0.508 e. The molecule has 0 radical (unpaired) electrons. The van der Waals surface area contributed by atoms with Crippen LogP contribution in [0.15, 0.2) is 78.9 Å². The molecule has 1 N–H and O–H groups in total. The van der Waals surface area contributed by atoms with Gasteiger partial charge in [-0.3, -0.25) is 0 Å². The number of hydrogen-bond donors (Lipinski definition) is 1. The maximum atomic E-state index is 9.68. The second-order valence-corrected chi connectivity index (χ2v) is 7.15. The average Bonchev–Trinajstić information content (AvgIpc) is 3.07. The van der Waals surface area contributed by atoms with Gasteiger partial charge >= 0.3 is 0 Å². The molecule has 0 saturated carbocycles. The Morgan fingerprint density at radius 3 is 2.26 bits per heavy atom. The summed E-state index contributed by atoms with van der Waals surface area (Å²) in [4.78, 5) is 5.00. The summed E-state index contributed by atoms with van der Waals surface area (Å²) < 4.78 is 0. The molecule has 3 aromatic carbocycles. The highest BCUT2D eigenvalue weighted by molar-refractivity contribution is 6.33. The van der Waals surface area contributed by atoms with Gasteiger partial charge in [0.25, 0.3) is 0 Å². The summed E-state index contributed by atoms with van der Waals surface area (Å²) in [6, 6.07) is 25.7. The van der Waals surface area contributed by atoms with Crippen LogP contribution in [0.1, 0.15) is 11.1 Å². The third-order valence-electron chi connectivity index (χ3n) is 5.09. The van der Waals surface area contributed by atoms with Crippen LogP contribution in [-0.2, 0) is 6.42 Å². The lowest BCUT2D eigenvalue weighted by atomic mass is 9.96. The molecule has 0 saturated heterocycles. The van der Waals surface area contributed by atoms with Gasteiger partial charge in [-0.25, -0.2) is 4.98 Å². The van der Waals surface area contributed by atoms with Crippen LogP contribution in [0.4, 0.5) is 0 Å². The van der Waals surface area contributed by atoms with Gasteiger partial charge in [0.15, 0.2) is 0 Å². The van der Waals surface area contributed by atoms with Gasteiger partial charge in [-0.1, -0.05) is 66.2 Å². The number of pyridine rings is 1. The number of benzene rings is 3. The van der Waals surface area contributed by atoms with Crippen LogP contribution < -0.4 is 0 Å². The summed E-state index contributed by atoms with van der Waals surface area (Å²) in [7, 11) is 0. The topological polar surface area (TPSA) is 33.1 Å². The average molecular weight is 370 g/mol. The van der Waals surface area contributed by atoms with Crippen molar-refractivity contribution in [3.05, 3.63) is 95.0 Å². The SMILES string of the molecule is Oc1ccc(-c2cc(-c3ccccc3Cl)nc3c2Cc2ccccc2-3)cc1. The fourth-order valence-corrected chi connectivity index (χ4v) is 4.01. The van der Waals surface area contributed by atoms with Gasteiger partial charge in [0.2, 0.25) is 0 Å². The summed E-state index contributed by atoms with van der Waals surface area (Å²) in [5.74, 6) is 0.263. The fraction of sp³-hybridized carbons (Fsp3) is 0.0417. The number of phenols is 1. The predicted molar refractivity (Wildman–Crippen MR) is 110 cm³/mol. The van der Waals surface area contributed by atoms with Crippen LogP contribution in [0.3, 0.4) is 0 Å². The zero-order chi connectivity index (χ0) is 18.4. The standard InChI is InChI=1S/C24H16ClNO/c25-22-8-4-3-7-19(22)23-14-20(15-9-11-17(27)12-10-15)21-13-16-5-1-2-6-18(16)24(21)26-23/h1-12,14,27H,13H2. The highest BCUT2D eigenvalue weighted by Crippen LogP contribution is 2.43. The quantitative estimate of drug-likeness (QED) is 0.393. The molecule has 5 rings (SSSR count). The fourth-order valence-electron chi connectivity index (χ4n) is 3.77. The van der Waals surface area contributed by atoms with E-state index in [0.717, 1.165) is 34.5 Å². The third-order valence-corrected chi connectivity index (χ3v) is 5.42. The maximum Gasteiger partial charge on any atom is 0.115 e. The molecule has 2 nitrogen and oxygen atoms in total. The van der Waals surface area contributed by atoms with Crippen LogP contribution in [-0.4, -0.2) is 10.1 Å². The Balaban J connectivity index is 1.80. The second-order valence-electron chi connectivity index (χ2n) is 6.74. The normalized spacial score (nSPS) is 11.9. The predicted octanol–water partition coefficient (Wildman–Crippen LogP) is 6.35. The lowest BCUT2D eigenvalue weighted by Gasteiger charge is -2.13. The van der Waals surface area contributed by atoms with Crippen LogP contribution in [0.2, 0.25) is 5.02 Å². The Morgan fingerprint density at radius 2 is 1.48 bits per heavy atom. The van der Waals surface area contributed by atoms with Crippen LogP contribution in [0, 0.1) is 0 Å². The van der Waals surface area contributed by atoms with Crippen molar-refractivity contribution in [3.8, 4) is 39.4 Å². The van der Waals surface area contributed by atoms with Crippen molar-refractivity contribution >= 4 is 11.6 Å². The third kappa shape index (κ3) is 2.70. The molecule has 1 heterocycles. The number of phenolic OH excluding ortho intramolecular Hbond substituents is 1. The summed E-state index contributed by atoms with van der Waals surface area (Å²) in [5, 5.41) is 10.4. The van der Waals surface area contributed by atoms with Crippen molar-refractivity contribution in [2.24, 2.45) is 0 Å². The summed E-state index contributed by atoms with van der Waals surface area (Å²) >= 11 is 6.46. The molecule has 0 aliphatic heterocycles. The van der Waals surface area contributed by atoms with E-state index < -0.39 is 0 Å². The monoisotopic (exact) mass is 369 g/mol. The van der Waals surface area contributed by atoms with Gasteiger partial charge in [-0.15, -0.1) is 0 Å². The van der Waals surface area contributed by atoms with Gasteiger partial charge in [-0.05, 0) is 46.5 Å². The molecule has 1 aromatic heterocycles. The van der Waals surface area contributed by atoms with Gasteiger partial charge in [0.05, 0.1) is 11.4 Å². The summed E-state index contributed by atoms with van der Waals surface area (Å²) in [6.45, 7) is 0. The number of aromatic hydroxyl groups is 1. The molecule has 0 amide bonds. The summed E-state index contributed by atoms with van der Waals surface area (Å²) in [6.07, 6.45) is 0.859. The van der Waals surface area contributed by atoms with Crippen LogP contribution in [0.25, 0.3) is 33.6 Å². The van der Waals surface area contributed by atoms with Gasteiger partial charge in [-0.2, -0.15) is 0 Å². The Hall–Kier alpha value is -3.10. The maximum absolute atomic E-state index is 9.68. The van der Waals surface area contributed by atoms with E-state index in [-0.39, 0.29) is 5.75 Å². The Labute approximate surface area is 162 Å². The van der Waals surface area contributed by atoms with Crippen molar-refractivity contribution < 1.29 is 5.11 Å². The van der Waals surface area contributed by atoms with E-state index in [1.54, 1.807) is 12.1 Å². The van der Waals surface area contributed by atoms with E-state index in [1.165, 1.54) is 16.7 Å². The molecular formula is C24H16ClNO. The molecule has 4 aromatic rings. The van der Waals surface area contributed by atoms with Crippen molar-refractivity contribution in [2.45, 2.75) is 6.42 Å². The number of fused-ring (bicyclic) bond motifs is 3. The molecule has 0 atom stereocenters. The Kier molecular flexibility index (Phi) is 3.73. The van der Waals surface area contributed by atoms with E-state index in [0.29, 0.717) is 5.02 Å². The minimum atomic E-state index is 0.263. The van der Waals surface area contributed by atoms with Crippen molar-refractivity contribution in [1.82, 2.24) is 4.98 Å². The van der Waals surface area contributed by atoms with Gasteiger partial charge < -0.3 is 5.11 Å². The van der Waals surface area contributed by atoms with E-state index in [2.05, 4.69) is 30.3 Å². The van der Waals surface area contributed by atoms with Crippen molar-refractivity contribution in [3.63, 3.8) is 0 Å². The zero-order valence-electron chi connectivity index (χ0n) is 14.5. The molecule has 27 heavy (non-hydrogen) atoms. The smallest absolute Gasteiger partial charge is 0.115 e.